The van der Waals surface area contributed by atoms with Crippen LogP contribution in [0.3, 0.4) is 0 Å². The van der Waals surface area contributed by atoms with E-state index < -0.39 is 0 Å². The highest BCUT2D eigenvalue weighted by atomic mass is 32.1. The van der Waals surface area contributed by atoms with Crippen LogP contribution < -0.4 is 4.90 Å². The van der Waals surface area contributed by atoms with Crippen molar-refractivity contribution in [1.29, 1.82) is 0 Å². The number of furan rings is 1. The predicted octanol–water partition coefficient (Wildman–Crippen LogP) is 3.19. The van der Waals surface area contributed by atoms with Crippen molar-refractivity contribution in [1.82, 2.24) is 4.98 Å². The molecule has 0 N–H and O–H groups in total. The van der Waals surface area contributed by atoms with E-state index in [0.29, 0.717) is 0 Å². The summed E-state index contributed by atoms with van der Waals surface area (Å²) in [5.41, 5.74) is 1.94. The van der Waals surface area contributed by atoms with Crippen LogP contribution in [0.1, 0.15) is 33.6 Å². The van der Waals surface area contributed by atoms with E-state index >= 15 is 0 Å². The number of nitrogens with zero attached hydrogens (tertiary/aromatic N) is 2. The summed E-state index contributed by atoms with van der Waals surface area (Å²) < 4.78 is 5.27. The Kier molecular flexibility index (Phi) is 3.52. The number of anilines is 1. The van der Waals surface area contributed by atoms with Gasteiger partial charge >= 0.3 is 0 Å². The predicted molar refractivity (Wildman–Crippen MR) is 72.4 cm³/mol. The Morgan fingerprint density at radius 1 is 1.50 bits per heavy atom. The molecule has 0 amide bonds. The second-order valence-electron chi connectivity index (χ2n) is 4.33. The van der Waals surface area contributed by atoms with Gasteiger partial charge in [0.1, 0.15) is 5.76 Å². The van der Waals surface area contributed by atoms with Crippen molar-refractivity contribution in [3.63, 3.8) is 0 Å². The average Bonchev–Trinajstić information content (AvgIpc) is 2.86. The monoisotopic (exact) mass is 264 g/mol. The van der Waals surface area contributed by atoms with Gasteiger partial charge in [0.05, 0.1) is 16.8 Å². The summed E-state index contributed by atoms with van der Waals surface area (Å²) in [6.07, 6.45) is 1.69. The number of aromatic nitrogens is 1. The van der Waals surface area contributed by atoms with Crippen LogP contribution in [0.4, 0.5) is 5.13 Å². The molecule has 0 aromatic carbocycles. The van der Waals surface area contributed by atoms with Crippen LogP contribution in [0.2, 0.25) is 0 Å². The topological polar surface area (TPSA) is 46.3 Å². The normalized spacial score (nSPS) is 10.7. The summed E-state index contributed by atoms with van der Waals surface area (Å²) in [5, 5.41) is 0.860. The second kappa shape index (κ2) is 4.94. The third kappa shape index (κ3) is 2.46. The zero-order valence-corrected chi connectivity index (χ0v) is 11.8. The Morgan fingerprint density at radius 3 is 2.72 bits per heavy atom. The molecule has 18 heavy (non-hydrogen) atoms. The van der Waals surface area contributed by atoms with Gasteiger partial charge in [-0.2, -0.15) is 0 Å². The molecule has 0 spiro atoms. The van der Waals surface area contributed by atoms with Crippen LogP contribution >= 0.6 is 11.3 Å². The highest BCUT2D eigenvalue weighted by Gasteiger charge is 2.15. The Morgan fingerprint density at radius 2 is 2.22 bits per heavy atom. The molecule has 0 saturated heterocycles. The van der Waals surface area contributed by atoms with Gasteiger partial charge in [0.25, 0.3) is 0 Å². The maximum absolute atomic E-state index is 11.4. The SMILES string of the molecule is CC(=O)c1sc(N(C)Cc2ccoc2C)nc1C. The summed E-state index contributed by atoms with van der Waals surface area (Å²) in [7, 11) is 1.97. The van der Waals surface area contributed by atoms with Crippen molar-refractivity contribution >= 4 is 22.3 Å². The summed E-state index contributed by atoms with van der Waals surface area (Å²) >= 11 is 1.44. The standard InChI is InChI=1S/C13H16N2O2S/c1-8-12(9(2)16)18-13(14-8)15(4)7-11-5-6-17-10(11)3/h5-6H,7H2,1-4H3. The molecule has 2 aromatic rings. The number of aryl methyl sites for hydroxylation is 2. The first kappa shape index (κ1) is 12.8. The first-order valence-corrected chi connectivity index (χ1v) is 6.53. The van der Waals surface area contributed by atoms with Crippen LogP contribution in [0.15, 0.2) is 16.7 Å². The molecule has 5 heteroatoms. The van der Waals surface area contributed by atoms with Gasteiger partial charge in [-0.25, -0.2) is 4.98 Å². The molecule has 4 nitrogen and oxygen atoms in total. The first-order valence-electron chi connectivity index (χ1n) is 5.71. The van der Waals surface area contributed by atoms with Crippen molar-refractivity contribution in [3.05, 3.63) is 34.2 Å². The molecule has 0 aliphatic carbocycles. The van der Waals surface area contributed by atoms with Gasteiger partial charge in [0.15, 0.2) is 10.9 Å². The van der Waals surface area contributed by atoms with E-state index in [2.05, 4.69) is 4.98 Å². The minimum atomic E-state index is 0.0733. The average molecular weight is 264 g/mol. The summed E-state index contributed by atoms with van der Waals surface area (Å²) in [5.74, 6) is 0.992. The summed E-state index contributed by atoms with van der Waals surface area (Å²) in [6, 6.07) is 1.96. The molecule has 96 valence electrons. The zero-order chi connectivity index (χ0) is 13.3. The van der Waals surface area contributed by atoms with Gasteiger partial charge < -0.3 is 9.32 Å². The molecular formula is C13H16N2O2S. The van der Waals surface area contributed by atoms with Crippen molar-refractivity contribution in [2.24, 2.45) is 0 Å². The van der Waals surface area contributed by atoms with E-state index in [1.807, 2.05) is 31.9 Å². The van der Waals surface area contributed by atoms with Crippen molar-refractivity contribution in [3.8, 4) is 0 Å². The lowest BCUT2D eigenvalue weighted by Gasteiger charge is -2.14. The molecular weight excluding hydrogens is 248 g/mol. The Labute approximate surface area is 110 Å². The minimum Gasteiger partial charge on any atom is -0.469 e. The molecule has 0 radical (unpaired) electrons. The molecule has 2 rings (SSSR count). The first-order chi connectivity index (χ1) is 8.49. The third-order valence-corrected chi connectivity index (χ3v) is 4.18. The number of rotatable bonds is 4. The van der Waals surface area contributed by atoms with Crippen molar-refractivity contribution in [2.45, 2.75) is 27.3 Å². The number of ketones is 1. The van der Waals surface area contributed by atoms with E-state index in [-0.39, 0.29) is 5.78 Å². The molecule has 0 fully saturated rings. The fourth-order valence-corrected chi connectivity index (χ4v) is 2.69. The molecule has 0 aliphatic rings. The molecule has 2 heterocycles. The van der Waals surface area contributed by atoms with Gasteiger partial charge in [-0.15, -0.1) is 0 Å². The fraction of sp³-hybridized carbons (Fsp3) is 0.385. The third-order valence-electron chi connectivity index (χ3n) is 2.81. The maximum atomic E-state index is 11.4. The van der Waals surface area contributed by atoms with Crippen molar-refractivity contribution in [2.75, 3.05) is 11.9 Å². The van der Waals surface area contributed by atoms with Gasteiger partial charge in [-0.05, 0) is 19.9 Å². The number of Topliss-reactive ketones (excluding diaryl/α,β-unsaturated/α-hetero) is 1. The quantitative estimate of drug-likeness (QED) is 0.796. The van der Waals surface area contributed by atoms with E-state index in [1.54, 1.807) is 13.2 Å². The number of carbonyl (C=O) groups is 1. The Hall–Kier alpha value is -1.62. The highest BCUT2D eigenvalue weighted by molar-refractivity contribution is 7.17. The van der Waals surface area contributed by atoms with Crippen molar-refractivity contribution < 1.29 is 9.21 Å². The molecule has 0 atom stereocenters. The number of carbonyl (C=O) groups excluding carboxylic acids is 1. The minimum absolute atomic E-state index is 0.0733. The summed E-state index contributed by atoms with van der Waals surface area (Å²) in [4.78, 5) is 18.6. The molecule has 0 unspecified atom stereocenters. The van der Waals surface area contributed by atoms with Gasteiger partial charge in [0.2, 0.25) is 0 Å². The van der Waals surface area contributed by atoms with E-state index in [1.165, 1.54) is 11.3 Å². The molecule has 0 saturated carbocycles. The highest BCUT2D eigenvalue weighted by Crippen LogP contribution is 2.27. The van der Waals surface area contributed by atoms with Crippen LogP contribution in [-0.2, 0) is 6.54 Å². The van der Waals surface area contributed by atoms with Gasteiger partial charge in [-0.1, -0.05) is 11.3 Å². The van der Waals surface area contributed by atoms with E-state index in [0.717, 1.165) is 33.6 Å². The second-order valence-corrected chi connectivity index (χ2v) is 5.30. The number of hydrogen-bond acceptors (Lipinski definition) is 5. The smallest absolute Gasteiger partial charge is 0.186 e. The number of thiazole rings is 1. The molecule has 0 bridgehead atoms. The lowest BCUT2D eigenvalue weighted by molar-refractivity contribution is 0.102. The summed E-state index contributed by atoms with van der Waals surface area (Å²) in [6.45, 7) is 6.11. The Bertz CT molecular complexity index is 571. The largest absolute Gasteiger partial charge is 0.469 e. The van der Waals surface area contributed by atoms with E-state index in [4.69, 9.17) is 4.42 Å². The van der Waals surface area contributed by atoms with Crippen LogP contribution in [0, 0.1) is 13.8 Å². The zero-order valence-electron chi connectivity index (χ0n) is 11.0. The van der Waals surface area contributed by atoms with Crippen LogP contribution in [0.5, 0.6) is 0 Å². The maximum Gasteiger partial charge on any atom is 0.186 e. The number of hydrogen-bond donors (Lipinski definition) is 0. The lowest BCUT2D eigenvalue weighted by atomic mass is 10.2. The Balaban J connectivity index is 2.19. The molecule has 0 aliphatic heterocycles. The van der Waals surface area contributed by atoms with Crippen LogP contribution in [0.25, 0.3) is 0 Å². The van der Waals surface area contributed by atoms with Crippen LogP contribution in [-0.4, -0.2) is 17.8 Å². The van der Waals surface area contributed by atoms with Gasteiger partial charge in [0, 0.05) is 26.1 Å². The van der Waals surface area contributed by atoms with Gasteiger partial charge in [-0.3, -0.25) is 4.79 Å². The lowest BCUT2D eigenvalue weighted by Crippen LogP contribution is -2.16. The molecule has 2 aromatic heterocycles. The fourth-order valence-electron chi connectivity index (χ4n) is 1.77. The van der Waals surface area contributed by atoms with E-state index in [9.17, 15) is 4.79 Å².